The Bertz CT molecular complexity index is 2560. The number of pyridine rings is 1. The molecule has 9 aromatic rings. The first kappa shape index (κ1) is 24.1. The van der Waals surface area contributed by atoms with Crippen molar-refractivity contribution in [2.75, 3.05) is 0 Å². The van der Waals surface area contributed by atoms with Crippen LogP contribution in [0.15, 0.2) is 97.1 Å². The Labute approximate surface area is 250 Å². The van der Waals surface area contributed by atoms with Gasteiger partial charge in [0.05, 0.1) is 16.7 Å². The van der Waals surface area contributed by atoms with Crippen molar-refractivity contribution in [1.82, 2.24) is 14.5 Å². The third-order valence-corrected chi connectivity index (χ3v) is 11.0. The molecule has 0 spiro atoms. The molecule has 0 N–H and O–H groups in total. The van der Waals surface area contributed by atoms with Crippen LogP contribution in [0.2, 0.25) is 0 Å². The van der Waals surface area contributed by atoms with Gasteiger partial charge in [0.2, 0.25) is 0 Å². The van der Waals surface area contributed by atoms with Gasteiger partial charge in [-0.05, 0) is 73.7 Å². The summed E-state index contributed by atoms with van der Waals surface area (Å²) < 4.78 is 6.34. The van der Waals surface area contributed by atoms with Crippen LogP contribution in [-0.4, -0.2) is 14.5 Å². The second kappa shape index (κ2) is 8.71. The second-order valence-electron chi connectivity index (χ2n) is 11.2. The van der Waals surface area contributed by atoms with E-state index >= 15 is 0 Å². The quantitative estimate of drug-likeness (QED) is 0.205. The van der Waals surface area contributed by atoms with Crippen LogP contribution < -0.4 is 0 Å². The minimum absolute atomic E-state index is 0.974. The molecular formula is C37H25N3S2. The fraction of sp³-hybridized carbons (Fsp3) is 0.0811. The topological polar surface area (TPSA) is 30.7 Å². The second-order valence-corrected chi connectivity index (χ2v) is 13.2. The molecule has 0 unspecified atom stereocenters. The van der Waals surface area contributed by atoms with Gasteiger partial charge in [-0.3, -0.25) is 4.57 Å². The third-order valence-electron chi connectivity index (χ3n) is 8.57. The maximum Gasteiger partial charge on any atom is 0.147 e. The highest BCUT2D eigenvalue weighted by atomic mass is 32.1. The molecule has 0 aliphatic carbocycles. The number of hydrogen-bond donors (Lipinski definition) is 0. The molecular weight excluding hydrogens is 551 g/mol. The van der Waals surface area contributed by atoms with Crippen LogP contribution in [0.3, 0.4) is 0 Å². The Hall–Kier alpha value is -4.58. The molecule has 0 aliphatic rings. The van der Waals surface area contributed by atoms with Gasteiger partial charge in [0.25, 0.3) is 0 Å². The summed E-state index contributed by atoms with van der Waals surface area (Å²) in [5.74, 6) is 0.974. The van der Waals surface area contributed by atoms with Gasteiger partial charge in [-0.25, -0.2) is 9.97 Å². The van der Waals surface area contributed by atoms with E-state index in [1.165, 1.54) is 63.2 Å². The lowest BCUT2D eigenvalue weighted by Crippen LogP contribution is -2.03. The fourth-order valence-corrected chi connectivity index (χ4v) is 9.12. The summed E-state index contributed by atoms with van der Waals surface area (Å²) in [5, 5.41) is 7.53. The minimum Gasteiger partial charge on any atom is -0.291 e. The molecule has 4 aromatic heterocycles. The van der Waals surface area contributed by atoms with Crippen molar-refractivity contribution < 1.29 is 0 Å². The van der Waals surface area contributed by atoms with Crippen molar-refractivity contribution in [2.45, 2.75) is 20.8 Å². The molecule has 4 heterocycles. The Morgan fingerprint density at radius 2 is 1.43 bits per heavy atom. The number of aromatic nitrogens is 3. The van der Waals surface area contributed by atoms with Crippen LogP contribution in [0.5, 0.6) is 0 Å². The van der Waals surface area contributed by atoms with Gasteiger partial charge in [0.1, 0.15) is 10.7 Å². The highest BCUT2D eigenvalue weighted by Gasteiger charge is 2.24. The van der Waals surface area contributed by atoms with Crippen LogP contribution >= 0.6 is 22.7 Å². The highest BCUT2D eigenvalue weighted by Crippen LogP contribution is 2.45. The highest BCUT2D eigenvalue weighted by molar-refractivity contribution is 7.26. The summed E-state index contributed by atoms with van der Waals surface area (Å²) in [6, 6.07) is 35.1. The van der Waals surface area contributed by atoms with E-state index in [2.05, 4.69) is 122 Å². The van der Waals surface area contributed by atoms with Gasteiger partial charge in [0, 0.05) is 52.3 Å². The van der Waals surface area contributed by atoms with E-state index in [1.54, 1.807) is 11.3 Å². The standard InChI is InChI=1S/C37H25N3S2/c1-20-19-29-25-11-6-7-14-31(25)41-34(29)22(3)32(20)40-33-24-10-5-4-9-23(24)16-18-30(33)39-36(40)28-13-8-12-26-27-17-15-21(2)38-37(27)42-35(26)28/h4-19H,1-3H3. The minimum atomic E-state index is 0.974. The van der Waals surface area contributed by atoms with E-state index < -0.39 is 0 Å². The molecule has 0 radical (unpaired) electrons. The van der Waals surface area contributed by atoms with Crippen molar-refractivity contribution in [3.63, 3.8) is 0 Å². The summed E-state index contributed by atoms with van der Waals surface area (Å²) in [6.45, 7) is 6.60. The molecule has 200 valence electrons. The molecule has 0 amide bonds. The van der Waals surface area contributed by atoms with Gasteiger partial charge in [0.15, 0.2) is 0 Å². The zero-order valence-electron chi connectivity index (χ0n) is 23.4. The van der Waals surface area contributed by atoms with Crippen molar-refractivity contribution in [3.8, 4) is 17.1 Å². The monoisotopic (exact) mass is 575 g/mol. The lowest BCUT2D eigenvalue weighted by atomic mass is 10.0. The summed E-state index contributed by atoms with van der Waals surface area (Å²) >= 11 is 3.65. The molecule has 3 nitrogen and oxygen atoms in total. The number of thiophene rings is 2. The molecule has 0 bridgehead atoms. The van der Waals surface area contributed by atoms with Gasteiger partial charge in [-0.2, -0.15) is 0 Å². The maximum absolute atomic E-state index is 5.40. The number of benzene rings is 5. The van der Waals surface area contributed by atoms with Crippen molar-refractivity contribution >= 4 is 85.0 Å². The molecule has 5 aromatic carbocycles. The Kier molecular flexibility index (Phi) is 4.99. The number of hydrogen-bond acceptors (Lipinski definition) is 4. The fourth-order valence-electron chi connectivity index (χ4n) is 6.70. The molecule has 0 saturated carbocycles. The SMILES string of the molecule is Cc1ccc2c(n1)sc1c(-c3nc4ccc5ccccc5c4n3-c3c(C)cc4c(sc5ccccc54)c3C)cccc12. The lowest BCUT2D eigenvalue weighted by Gasteiger charge is -2.17. The molecule has 42 heavy (non-hydrogen) atoms. The van der Waals surface area contributed by atoms with Crippen LogP contribution in [0.4, 0.5) is 0 Å². The Morgan fingerprint density at radius 3 is 2.33 bits per heavy atom. The average molecular weight is 576 g/mol. The predicted molar refractivity (Wildman–Crippen MR) is 182 cm³/mol. The van der Waals surface area contributed by atoms with E-state index in [9.17, 15) is 0 Å². The Morgan fingerprint density at radius 1 is 0.619 bits per heavy atom. The first-order chi connectivity index (χ1) is 20.6. The van der Waals surface area contributed by atoms with Crippen LogP contribution in [0.1, 0.15) is 16.8 Å². The summed E-state index contributed by atoms with van der Waals surface area (Å²) in [6.07, 6.45) is 0. The number of imidazole rings is 1. The summed E-state index contributed by atoms with van der Waals surface area (Å²) in [7, 11) is 0. The van der Waals surface area contributed by atoms with E-state index in [1.807, 2.05) is 11.3 Å². The number of nitrogens with zero attached hydrogens (tertiary/aromatic N) is 3. The summed E-state index contributed by atoms with van der Waals surface area (Å²) in [4.78, 5) is 11.4. The van der Waals surface area contributed by atoms with Gasteiger partial charge in [-0.1, -0.05) is 60.7 Å². The number of rotatable bonds is 2. The van der Waals surface area contributed by atoms with E-state index in [4.69, 9.17) is 9.97 Å². The largest absolute Gasteiger partial charge is 0.291 e. The normalized spacial score (nSPS) is 12.2. The maximum atomic E-state index is 5.40. The first-order valence-electron chi connectivity index (χ1n) is 14.2. The lowest BCUT2D eigenvalue weighted by molar-refractivity contribution is 1.08. The molecule has 5 heteroatoms. The van der Waals surface area contributed by atoms with Crippen molar-refractivity contribution in [2.24, 2.45) is 0 Å². The van der Waals surface area contributed by atoms with Gasteiger partial charge >= 0.3 is 0 Å². The van der Waals surface area contributed by atoms with E-state index in [0.717, 1.165) is 32.9 Å². The van der Waals surface area contributed by atoms with Crippen LogP contribution in [0, 0.1) is 20.8 Å². The molecule has 0 atom stereocenters. The number of fused-ring (bicyclic) bond motifs is 9. The summed E-state index contributed by atoms with van der Waals surface area (Å²) in [5.41, 5.74) is 8.10. The molecule has 9 rings (SSSR count). The predicted octanol–water partition coefficient (Wildman–Crippen LogP) is 10.9. The van der Waals surface area contributed by atoms with Gasteiger partial charge < -0.3 is 0 Å². The molecule has 0 aliphatic heterocycles. The van der Waals surface area contributed by atoms with Crippen molar-refractivity contribution in [1.29, 1.82) is 0 Å². The van der Waals surface area contributed by atoms with E-state index in [0.29, 0.717) is 0 Å². The van der Waals surface area contributed by atoms with Crippen LogP contribution in [-0.2, 0) is 0 Å². The van der Waals surface area contributed by atoms with Crippen molar-refractivity contribution in [3.05, 3.63) is 114 Å². The first-order valence-corrected chi connectivity index (χ1v) is 15.8. The van der Waals surface area contributed by atoms with E-state index in [-0.39, 0.29) is 0 Å². The van der Waals surface area contributed by atoms with Crippen LogP contribution in [0.25, 0.3) is 79.4 Å². The molecule has 0 saturated heterocycles. The third kappa shape index (κ3) is 3.26. The average Bonchev–Trinajstić information content (AvgIpc) is 3.69. The zero-order valence-corrected chi connectivity index (χ0v) is 25.0. The zero-order chi connectivity index (χ0) is 28.1. The Balaban J connectivity index is 1.46. The number of aryl methyl sites for hydroxylation is 3. The molecule has 0 fully saturated rings. The smallest absolute Gasteiger partial charge is 0.147 e. The van der Waals surface area contributed by atoms with Gasteiger partial charge in [-0.15, -0.1) is 22.7 Å².